The Morgan fingerprint density at radius 2 is 1.88 bits per heavy atom. The standard InChI is InChI=1S/C21H25NO3.ClH/c1-14-19(23-2)9-17-18-12-22(10-15-7-5-4-6-8-15)11-16(18)13-25-21(17)20(14)24-3;/h4-9,16,18H,10-13H2,1-3H3;1H/t16-,18-;/m1./s1. The van der Waals surface area contributed by atoms with Crippen LogP contribution in [-0.2, 0) is 6.54 Å². The zero-order valence-electron chi connectivity index (χ0n) is 15.5. The highest BCUT2D eigenvalue weighted by molar-refractivity contribution is 5.85. The van der Waals surface area contributed by atoms with Crippen LogP contribution >= 0.6 is 12.4 Å². The molecule has 0 aromatic heterocycles. The molecule has 4 rings (SSSR count). The van der Waals surface area contributed by atoms with E-state index < -0.39 is 0 Å². The van der Waals surface area contributed by atoms with E-state index in [1.807, 2.05) is 6.92 Å². The minimum Gasteiger partial charge on any atom is -0.496 e. The second-order valence-electron chi connectivity index (χ2n) is 7.01. The van der Waals surface area contributed by atoms with Crippen molar-refractivity contribution in [2.45, 2.75) is 19.4 Å². The van der Waals surface area contributed by atoms with Crippen molar-refractivity contribution in [2.75, 3.05) is 33.9 Å². The molecule has 0 unspecified atom stereocenters. The van der Waals surface area contributed by atoms with Crippen LogP contribution in [-0.4, -0.2) is 38.8 Å². The molecule has 2 atom stereocenters. The van der Waals surface area contributed by atoms with Gasteiger partial charge in [0.25, 0.3) is 0 Å². The summed E-state index contributed by atoms with van der Waals surface area (Å²) in [6.45, 7) is 5.88. The molecule has 2 aliphatic rings. The summed E-state index contributed by atoms with van der Waals surface area (Å²) >= 11 is 0. The van der Waals surface area contributed by atoms with Gasteiger partial charge in [0.05, 0.1) is 20.8 Å². The molecule has 2 aromatic rings. The molecule has 4 nitrogen and oxygen atoms in total. The van der Waals surface area contributed by atoms with Crippen LogP contribution in [0.1, 0.15) is 22.6 Å². The van der Waals surface area contributed by atoms with Gasteiger partial charge in [0.15, 0.2) is 11.5 Å². The second kappa shape index (κ2) is 7.77. The van der Waals surface area contributed by atoms with Gasteiger partial charge in [0.1, 0.15) is 5.75 Å². The Morgan fingerprint density at radius 1 is 1.12 bits per heavy atom. The van der Waals surface area contributed by atoms with Crippen molar-refractivity contribution < 1.29 is 14.2 Å². The number of fused-ring (bicyclic) bond motifs is 3. The third kappa shape index (κ3) is 3.24. The Bertz CT molecular complexity index is 766. The van der Waals surface area contributed by atoms with E-state index in [9.17, 15) is 0 Å². The number of hydrogen-bond acceptors (Lipinski definition) is 4. The maximum absolute atomic E-state index is 6.13. The summed E-state index contributed by atoms with van der Waals surface area (Å²) in [5, 5.41) is 0. The Morgan fingerprint density at radius 3 is 2.58 bits per heavy atom. The molecule has 2 aliphatic heterocycles. The summed E-state index contributed by atoms with van der Waals surface area (Å²) in [5.41, 5.74) is 3.59. The average Bonchev–Trinajstić information content (AvgIpc) is 3.04. The molecule has 1 fully saturated rings. The third-order valence-electron chi connectivity index (χ3n) is 5.50. The average molecular weight is 376 g/mol. The summed E-state index contributed by atoms with van der Waals surface area (Å²) < 4.78 is 17.3. The number of likely N-dealkylation sites (tertiary alicyclic amines) is 1. The number of ether oxygens (including phenoxy) is 3. The predicted molar refractivity (Wildman–Crippen MR) is 105 cm³/mol. The van der Waals surface area contributed by atoms with E-state index in [4.69, 9.17) is 14.2 Å². The highest BCUT2D eigenvalue weighted by Gasteiger charge is 2.40. The summed E-state index contributed by atoms with van der Waals surface area (Å²) in [4.78, 5) is 2.53. The van der Waals surface area contributed by atoms with E-state index in [1.54, 1.807) is 14.2 Å². The number of benzene rings is 2. The van der Waals surface area contributed by atoms with E-state index >= 15 is 0 Å². The Balaban J connectivity index is 0.00000196. The largest absolute Gasteiger partial charge is 0.496 e. The van der Waals surface area contributed by atoms with Crippen LogP contribution in [0.15, 0.2) is 36.4 Å². The second-order valence-corrected chi connectivity index (χ2v) is 7.01. The van der Waals surface area contributed by atoms with Gasteiger partial charge in [0.2, 0.25) is 0 Å². The minimum absolute atomic E-state index is 0. The van der Waals surface area contributed by atoms with Crippen molar-refractivity contribution in [3.05, 3.63) is 53.1 Å². The molecule has 0 bridgehead atoms. The first-order valence-electron chi connectivity index (χ1n) is 8.85. The van der Waals surface area contributed by atoms with Crippen molar-refractivity contribution in [1.82, 2.24) is 4.90 Å². The third-order valence-corrected chi connectivity index (χ3v) is 5.50. The zero-order chi connectivity index (χ0) is 17.4. The number of nitrogens with zero attached hydrogens (tertiary/aromatic N) is 1. The first-order chi connectivity index (χ1) is 12.2. The number of methoxy groups -OCH3 is 2. The first kappa shape index (κ1) is 18.9. The van der Waals surface area contributed by atoms with Crippen molar-refractivity contribution in [3.63, 3.8) is 0 Å². The molecule has 1 saturated heterocycles. The quantitative estimate of drug-likeness (QED) is 0.806. The highest BCUT2D eigenvalue weighted by Crippen LogP contribution is 2.49. The van der Waals surface area contributed by atoms with E-state index in [-0.39, 0.29) is 12.4 Å². The monoisotopic (exact) mass is 375 g/mol. The van der Waals surface area contributed by atoms with E-state index in [2.05, 4.69) is 41.3 Å². The maximum atomic E-state index is 6.13. The fraction of sp³-hybridized carbons (Fsp3) is 0.429. The smallest absolute Gasteiger partial charge is 0.167 e. The van der Waals surface area contributed by atoms with Gasteiger partial charge in [-0.25, -0.2) is 0 Å². The normalized spacial score (nSPS) is 21.2. The van der Waals surface area contributed by atoms with Crippen LogP contribution in [0.2, 0.25) is 0 Å². The summed E-state index contributed by atoms with van der Waals surface area (Å²) in [7, 11) is 3.42. The van der Waals surface area contributed by atoms with Gasteiger partial charge in [0, 0.05) is 42.6 Å². The molecule has 0 aliphatic carbocycles. The Hall–Kier alpha value is -1.91. The van der Waals surface area contributed by atoms with Crippen LogP contribution in [0, 0.1) is 12.8 Å². The molecule has 2 heterocycles. The molecule has 2 aromatic carbocycles. The molecular formula is C21H26ClNO3. The molecular weight excluding hydrogens is 350 g/mol. The van der Waals surface area contributed by atoms with Crippen molar-refractivity contribution in [2.24, 2.45) is 5.92 Å². The molecule has 0 radical (unpaired) electrons. The lowest BCUT2D eigenvalue weighted by Crippen LogP contribution is -2.25. The molecule has 0 saturated carbocycles. The maximum Gasteiger partial charge on any atom is 0.167 e. The van der Waals surface area contributed by atoms with E-state index in [0.29, 0.717) is 11.8 Å². The van der Waals surface area contributed by atoms with Gasteiger partial charge in [-0.1, -0.05) is 30.3 Å². The van der Waals surface area contributed by atoms with Gasteiger partial charge >= 0.3 is 0 Å². The van der Waals surface area contributed by atoms with E-state index in [1.165, 1.54) is 11.1 Å². The zero-order valence-corrected chi connectivity index (χ0v) is 16.3. The molecule has 0 N–H and O–H groups in total. The Labute approximate surface area is 161 Å². The van der Waals surface area contributed by atoms with E-state index in [0.717, 1.165) is 49.1 Å². The number of hydrogen-bond donors (Lipinski definition) is 0. The van der Waals surface area contributed by atoms with Crippen LogP contribution in [0.3, 0.4) is 0 Å². The summed E-state index contributed by atoms with van der Waals surface area (Å²) in [6.07, 6.45) is 0. The van der Waals surface area contributed by atoms with Gasteiger partial charge in [-0.3, -0.25) is 4.90 Å². The highest BCUT2D eigenvalue weighted by atomic mass is 35.5. The van der Waals surface area contributed by atoms with Crippen LogP contribution in [0.4, 0.5) is 0 Å². The lowest BCUT2D eigenvalue weighted by molar-refractivity contribution is 0.202. The predicted octanol–water partition coefficient (Wildman–Crippen LogP) is 4.04. The van der Waals surface area contributed by atoms with Crippen molar-refractivity contribution in [1.29, 1.82) is 0 Å². The number of halogens is 1. The van der Waals surface area contributed by atoms with Crippen molar-refractivity contribution in [3.8, 4) is 17.2 Å². The molecule has 140 valence electrons. The van der Waals surface area contributed by atoms with Gasteiger partial charge in [-0.2, -0.15) is 0 Å². The lowest BCUT2D eigenvalue weighted by Gasteiger charge is -2.30. The van der Waals surface area contributed by atoms with Gasteiger partial charge < -0.3 is 14.2 Å². The summed E-state index contributed by atoms with van der Waals surface area (Å²) in [5.74, 6) is 3.59. The van der Waals surface area contributed by atoms with Gasteiger partial charge in [-0.15, -0.1) is 12.4 Å². The topological polar surface area (TPSA) is 30.9 Å². The van der Waals surface area contributed by atoms with Crippen LogP contribution < -0.4 is 14.2 Å². The number of rotatable bonds is 4. The molecule has 5 heteroatoms. The SMILES string of the molecule is COc1cc2c(c(OC)c1C)OC[C@H]1CN(Cc3ccccc3)C[C@@H]21.Cl. The Kier molecular flexibility index (Phi) is 5.64. The minimum atomic E-state index is 0. The van der Waals surface area contributed by atoms with Crippen LogP contribution in [0.5, 0.6) is 17.2 Å². The first-order valence-corrected chi connectivity index (χ1v) is 8.85. The molecule has 26 heavy (non-hydrogen) atoms. The lowest BCUT2D eigenvalue weighted by atomic mass is 9.86. The molecule has 0 spiro atoms. The summed E-state index contributed by atoms with van der Waals surface area (Å²) in [6, 6.07) is 12.8. The van der Waals surface area contributed by atoms with Gasteiger partial charge in [-0.05, 0) is 18.6 Å². The van der Waals surface area contributed by atoms with Crippen molar-refractivity contribution >= 4 is 12.4 Å². The molecule has 0 amide bonds. The fourth-order valence-corrected chi connectivity index (χ4v) is 4.25. The van der Waals surface area contributed by atoms with Crippen LogP contribution in [0.25, 0.3) is 0 Å². The fourth-order valence-electron chi connectivity index (χ4n) is 4.25.